The Morgan fingerprint density at radius 2 is 2.44 bits per heavy atom. The number of nitrogens with zero attached hydrogens (tertiary/aromatic N) is 2. The van der Waals surface area contributed by atoms with Gasteiger partial charge in [0.1, 0.15) is 18.4 Å². The van der Waals surface area contributed by atoms with E-state index in [4.69, 9.17) is 10.00 Å². The van der Waals surface area contributed by atoms with Crippen LogP contribution in [0.3, 0.4) is 0 Å². The standard InChI is InChI=1S/C12H13N3O3/c13-7-10-11(15(16)17)4-1-5-12(10)18-8-9-3-2-6-14-9/h1,4-5,9,14H,2-3,6,8H2/t9-/m1/s1. The van der Waals surface area contributed by atoms with Gasteiger partial charge in [0.2, 0.25) is 0 Å². The van der Waals surface area contributed by atoms with Crippen molar-refractivity contribution in [2.24, 2.45) is 0 Å². The number of hydrogen-bond donors (Lipinski definition) is 1. The van der Waals surface area contributed by atoms with Gasteiger partial charge in [-0.15, -0.1) is 0 Å². The van der Waals surface area contributed by atoms with Gasteiger partial charge in [0.15, 0.2) is 5.56 Å². The Labute approximate surface area is 104 Å². The Hall–Kier alpha value is -2.13. The molecule has 94 valence electrons. The fourth-order valence-electron chi connectivity index (χ4n) is 1.99. The van der Waals surface area contributed by atoms with Crippen LogP contribution in [0.4, 0.5) is 5.69 Å². The molecule has 0 aromatic heterocycles. The molecule has 0 unspecified atom stereocenters. The second-order valence-corrected chi connectivity index (χ2v) is 4.12. The van der Waals surface area contributed by atoms with Gasteiger partial charge in [0.05, 0.1) is 4.92 Å². The highest BCUT2D eigenvalue weighted by molar-refractivity contribution is 5.56. The zero-order valence-corrected chi connectivity index (χ0v) is 9.76. The van der Waals surface area contributed by atoms with Crippen molar-refractivity contribution in [1.82, 2.24) is 5.32 Å². The maximum absolute atomic E-state index is 10.8. The van der Waals surface area contributed by atoms with Crippen LogP contribution in [-0.2, 0) is 0 Å². The van der Waals surface area contributed by atoms with Crippen molar-refractivity contribution in [3.63, 3.8) is 0 Å². The number of nitrogens with one attached hydrogen (secondary N) is 1. The minimum atomic E-state index is -0.570. The number of nitro groups is 1. The van der Waals surface area contributed by atoms with E-state index in [0.717, 1.165) is 19.4 Å². The third-order valence-corrected chi connectivity index (χ3v) is 2.92. The van der Waals surface area contributed by atoms with Gasteiger partial charge in [-0.05, 0) is 25.5 Å². The third-order valence-electron chi connectivity index (χ3n) is 2.92. The Bertz CT molecular complexity index is 490. The number of hydrogen-bond acceptors (Lipinski definition) is 5. The average molecular weight is 247 g/mol. The van der Waals surface area contributed by atoms with Gasteiger partial charge in [-0.1, -0.05) is 6.07 Å². The van der Waals surface area contributed by atoms with Crippen LogP contribution in [0.2, 0.25) is 0 Å². The van der Waals surface area contributed by atoms with Crippen molar-refractivity contribution in [3.05, 3.63) is 33.9 Å². The summed E-state index contributed by atoms with van der Waals surface area (Å²) in [6.45, 7) is 1.39. The van der Waals surface area contributed by atoms with Gasteiger partial charge >= 0.3 is 0 Å². The molecule has 1 N–H and O–H groups in total. The molecule has 6 nitrogen and oxygen atoms in total. The highest BCUT2D eigenvalue weighted by Gasteiger charge is 2.20. The first-order valence-electron chi connectivity index (χ1n) is 5.76. The quantitative estimate of drug-likeness (QED) is 0.644. The SMILES string of the molecule is N#Cc1c(OC[C@H]2CCCN2)cccc1[N+](=O)[O-]. The van der Waals surface area contributed by atoms with Crippen LogP contribution >= 0.6 is 0 Å². The molecule has 1 aliphatic heterocycles. The minimum Gasteiger partial charge on any atom is -0.490 e. The number of benzene rings is 1. The molecule has 2 rings (SSSR count). The molecule has 1 aromatic carbocycles. The fourth-order valence-corrected chi connectivity index (χ4v) is 1.99. The minimum absolute atomic E-state index is 0.0134. The molecule has 1 heterocycles. The van der Waals surface area contributed by atoms with Crippen molar-refractivity contribution in [1.29, 1.82) is 5.26 Å². The third kappa shape index (κ3) is 2.57. The molecule has 1 fully saturated rings. The monoisotopic (exact) mass is 247 g/mol. The fraction of sp³-hybridized carbons (Fsp3) is 0.417. The lowest BCUT2D eigenvalue weighted by atomic mass is 10.1. The summed E-state index contributed by atoms with van der Waals surface area (Å²) in [7, 11) is 0. The predicted molar refractivity (Wildman–Crippen MR) is 64.3 cm³/mol. The van der Waals surface area contributed by atoms with Crippen LogP contribution in [0.25, 0.3) is 0 Å². The maximum atomic E-state index is 10.8. The summed E-state index contributed by atoms with van der Waals surface area (Å²) in [6.07, 6.45) is 2.13. The van der Waals surface area contributed by atoms with Gasteiger partial charge in [0, 0.05) is 12.1 Å². The van der Waals surface area contributed by atoms with Crippen LogP contribution in [0, 0.1) is 21.4 Å². The summed E-state index contributed by atoms with van der Waals surface area (Å²) in [6, 6.07) is 6.51. The Kier molecular flexibility index (Phi) is 3.75. The van der Waals surface area contributed by atoms with Crippen LogP contribution in [0.1, 0.15) is 18.4 Å². The van der Waals surface area contributed by atoms with E-state index in [0.29, 0.717) is 6.61 Å². The molecule has 6 heteroatoms. The van der Waals surface area contributed by atoms with E-state index in [-0.39, 0.29) is 23.0 Å². The number of ether oxygens (including phenoxy) is 1. The van der Waals surface area contributed by atoms with Crippen molar-refractivity contribution < 1.29 is 9.66 Å². The second kappa shape index (κ2) is 5.47. The Balaban J connectivity index is 2.14. The van der Waals surface area contributed by atoms with E-state index >= 15 is 0 Å². The van der Waals surface area contributed by atoms with E-state index in [1.165, 1.54) is 12.1 Å². The topological polar surface area (TPSA) is 88.2 Å². The second-order valence-electron chi connectivity index (χ2n) is 4.12. The lowest BCUT2D eigenvalue weighted by molar-refractivity contribution is -0.385. The first-order chi connectivity index (χ1) is 8.72. The van der Waals surface area contributed by atoms with E-state index in [2.05, 4.69) is 5.32 Å². The lowest BCUT2D eigenvalue weighted by Gasteiger charge is -2.12. The molecular formula is C12H13N3O3. The highest BCUT2D eigenvalue weighted by atomic mass is 16.6. The summed E-state index contributed by atoms with van der Waals surface area (Å²) in [5.74, 6) is 0.278. The number of nitro benzene ring substituents is 1. The van der Waals surface area contributed by atoms with E-state index in [9.17, 15) is 10.1 Å². The molecule has 0 amide bonds. The van der Waals surface area contributed by atoms with Gasteiger partial charge in [-0.25, -0.2) is 0 Å². The van der Waals surface area contributed by atoms with Crippen molar-refractivity contribution in [2.45, 2.75) is 18.9 Å². The molecule has 0 spiro atoms. The molecule has 1 aromatic rings. The maximum Gasteiger partial charge on any atom is 0.290 e. The molecule has 18 heavy (non-hydrogen) atoms. The highest BCUT2D eigenvalue weighted by Crippen LogP contribution is 2.27. The molecular weight excluding hydrogens is 234 g/mol. The number of rotatable bonds is 4. The van der Waals surface area contributed by atoms with E-state index in [1.54, 1.807) is 6.07 Å². The zero-order valence-electron chi connectivity index (χ0n) is 9.76. The zero-order chi connectivity index (χ0) is 13.0. The van der Waals surface area contributed by atoms with Crippen LogP contribution < -0.4 is 10.1 Å². The summed E-state index contributed by atoms with van der Waals surface area (Å²) < 4.78 is 5.51. The first-order valence-corrected chi connectivity index (χ1v) is 5.76. The lowest BCUT2D eigenvalue weighted by Crippen LogP contribution is -2.28. The van der Waals surface area contributed by atoms with Crippen LogP contribution in [0.15, 0.2) is 18.2 Å². The molecule has 1 aliphatic rings. The predicted octanol–water partition coefficient (Wildman–Crippen LogP) is 1.60. The van der Waals surface area contributed by atoms with Crippen LogP contribution in [0.5, 0.6) is 5.75 Å². The van der Waals surface area contributed by atoms with Crippen molar-refractivity contribution in [3.8, 4) is 11.8 Å². The summed E-state index contributed by atoms with van der Waals surface area (Å²) in [4.78, 5) is 10.2. The largest absolute Gasteiger partial charge is 0.490 e. The van der Waals surface area contributed by atoms with Gasteiger partial charge in [0.25, 0.3) is 5.69 Å². The molecule has 1 saturated heterocycles. The Morgan fingerprint density at radius 3 is 3.06 bits per heavy atom. The van der Waals surface area contributed by atoms with Gasteiger partial charge < -0.3 is 10.1 Å². The summed E-state index contributed by atoms with van der Waals surface area (Å²) in [5, 5.41) is 23.0. The molecule has 1 atom stereocenters. The summed E-state index contributed by atoms with van der Waals surface area (Å²) >= 11 is 0. The van der Waals surface area contributed by atoms with Crippen molar-refractivity contribution >= 4 is 5.69 Å². The molecule has 0 bridgehead atoms. The molecule has 0 aliphatic carbocycles. The van der Waals surface area contributed by atoms with Crippen molar-refractivity contribution in [2.75, 3.05) is 13.2 Å². The summed E-state index contributed by atoms with van der Waals surface area (Å²) in [5.41, 5.74) is -0.227. The molecule has 0 radical (unpaired) electrons. The molecule has 0 saturated carbocycles. The van der Waals surface area contributed by atoms with Crippen LogP contribution in [-0.4, -0.2) is 24.1 Å². The van der Waals surface area contributed by atoms with E-state index < -0.39 is 4.92 Å². The van der Waals surface area contributed by atoms with Gasteiger partial charge in [-0.2, -0.15) is 5.26 Å². The van der Waals surface area contributed by atoms with E-state index in [1.807, 2.05) is 6.07 Å². The first kappa shape index (κ1) is 12.3. The Morgan fingerprint density at radius 1 is 1.61 bits per heavy atom. The number of nitriles is 1. The smallest absolute Gasteiger partial charge is 0.290 e. The van der Waals surface area contributed by atoms with Gasteiger partial charge in [-0.3, -0.25) is 10.1 Å². The average Bonchev–Trinajstić information content (AvgIpc) is 2.88. The normalized spacial score (nSPS) is 18.3.